The topological polar surface area (TPSA) is 78.9 Å². The molecule has 2 N–H and O–H groups in total. The van der Waals surface area contributed by atoms with Crippen LogP contribution in [-0.4, -0.2) is 26.3 Å². The summed E-state index contributed by atoms with van der Waals surface area (Å²) in [5.74, 6) is -3.10. The van der Waals surface area contributed by atoms with Crippen LogP contribution in [0.5, 0.6) is 0 Å². The van der Waals surface area contributed by atoms with Gasteiger partial charge < -0.3 is 5.11 Å². The van der Waals surface area contributed by atoms with E-state index >= 15 is 0 Å². The number of aromatic amines is 1. The average Bonchev–Trinajstić information content (AvgIpc) is 3.21. The van der Waals surface area contributed by atoms with E-state index in [0.717, 1.165) is 24.6 Å². The second-order valence-electron chi connectivity index (χ2n) is 9.02. The van der Waals surface area contributed by atoms with Crippen LogP contribution in [0.3, 0.4) is 0 Å². The van der Waals surface area contributed by atoms with Crippen molar-refractivity contribution in [2.45, 2.75) is 25.4 Å². The molecular formula is C28H20F5N3O2. The van der Waals surface area contributed by atoms with E-state index in [9.17, 15) is 26.7 Å². The first kappa shape index (κ1) is 25.3. The summed E-state index contributed by atoms with van der Waals surface area (Å²) in [5, 5.41) is 15.2. The fraction of sp³-hybridized carbons (Fsp3) is 0.179. The highest BCUT2D eigenvalue weighted by molar-refractivity contribution is 6.01. The van der Waals surface area contributed by atoms with E-state index < -0.39 is 29.5 Å². The van der Waals surface area contributed by atoms with Crippen molar-refractivity contribution < 1.29 is 31.9 Å². The second-order valence-corrected chi connectivity index (χ2v) is 9.02. The molecule has 0 amide bonds. The highest BCUT2D eigenvalue weighted by atomic mass is 19.4. The normalized spacial score (nSPS) is 15.1. The number of carbonyl (C=O) groups is 1. The number of allylic oxidation sites excluding steroid dienone is 1. The quantitative estimate of drug-likeness (QED) is 0.160. The Bertz CT molecular complexity index is 1580. The van der Waals surface area contributed by atoms with E-state index in [4.69, 9.17) is 5.11 Å². The molecule has 10 heteroatoms. The zero-order valence-corrected chi connectivity index (χ0v) is 19.7. The lowest BCUT2D eigenvalue weighted by Crippen LogP contribution is -2.19. The number of pyridine rings is 1. The molecule has 0 unspecified atom stereocenters. The van der Waals surface area contributed by atoms with Gasteiger partial charge in [-0.2, -0.15) is 22.7 Å². The Morgan fingerprint density at radius 3 is 2.42 bits per heavy atom. The number of nitrogens with zero attached hydrogens (tertiary/aromatic N) is 2. The highest BCUT2D eigenvalue weighted by Gasteiger charge is 2.38. The number of carboxylic acids is 1. The number of halogens is 5. The molecule has 5 nitrogen and oxygen atoms in total. The first-order valence-corrected chi connectivity index (χ1v) is 11.7. The van der Waals surface area contributed by atoms with Gasteiger partial charge in [0.05, 0.1) is 22.2 Å². The van der Waals surface area contributed by atoms with E-state index in [1.54, 1.807) is 24.3 Å². The summed E-state index contributed by atoms with van der Waals surface area (Å²) in [7, 11) is 0. The minimum Gasteiger partial charge on any atom is -0.478 e. The number of nitrogens with one attached hydrogen (secondary N) is 1. The van der Waals surface area contributed by atoms with Gasteiger partial charge >= 0.3 is 12.1 Å². The number of aliphatic carboxylic acids is 1. The molecule has 1 saturated carbocycles. The zero-order chi connectivity index (χ0) is 27.0. The van der Waals surface area contributed by atoms with Gasteiger partial charge in [-0.25, -0.2) is 9.18 Å². The van der Waals surface area contributed by atoms with Crippen LogP contribution >= 0.6 is 0 Å². The predicted molar refractivity (Wildman–Crippen MR) is 132 cm³/mol. The summed E-state index contributed by atoms with van der Waals surface area (Å²) in [6.45, 7) is 0. The van der Waals surface area contributed by atoms with Crippen molar-refractivity contribution >= 4 is 34.1 Å². The SMILES string of the molecule is O=C(O)C=Cc1ccc(/C(=C(\c2ccc(F)cc2C(F)(F)F)C2CCC2)c2ccc3n[nH]c(F)c3c2)cn1. The lowest BCUT2D eigenvalue weighted by Gasteiger charge is -2.33. The van der Waals surface area contributed by atoms with Crippen molar-refractivity contribution in [3.8, 4) is 0 Å². The van der Waals surface area contributed by atoms with E-state index in [-0.39, 0.29) is 16.9 Å². The Hall–Kier alpha value is -4.34. The second kappa shape index (κ2) is 9.85. The molecule has 5 rings (SSSR count). The van der Waals surface area contributed by atoms with Gasteiger partial charge in [-0.1, -0.05) is 24.6 Å². The molecule has 0 saturated heterocycles. The van der Waals surface area contributed by atoms with Gasteiger partial charge in [0.1, 0.15) is 5.82 Å². The summed E-state index contributed by atoms with van der Waals surface area (Å²) >= 11 is 0. The van der Waals surface area contributed by atoms with Crippen molar-refractivity contribution in [2.75, 3.05) is 0 Å². The van der Waals surface area contributed by atoms with E-state index in [2.05, 4.69) is 15.2 Å². The Morgan fingerprint density at radius 2 is 1.79 bits per heavy atom. The lowest BCUT2D eigenvalue weighted by atomic mass is 9.72. The summed E-state index contributed by atoms with van der Waals surface area (Å²) in [6, 6.07) is 10.5. The molecule has 0 spiro atoms. The largest absolute Gasteiger partial charge is 0.478 e. The van der Waals surface area contributed by atoms with Crippen molar-refractivity contribution in [1.82, 2.24) is 15.2 Å². The highest BCUT2D eigenvalue weighted by Crippen LogP contribution is 2.48. The van der Waals surface area contributed by atoms with E-state index in [1.807, 2.05) is 0 Å². The molecule has 2 aromatic carbocycles. The molecule has 1 aliphatic rings. The average molecular weight is 525 g/mol. The maximum atomic E-state index is 14.4. The van der Waals surface area contributed by atoms with Crippen LogP contribution in [0.25, 0.3) is 28.1 Å². The number of rotatable bonds is 6. The molecule has 194 valence electrons. The molecule has 1 aliphatic carbocycles. The van der Waals surface area contributed by atoms with Crippen molar-refractivity contribution in [3.63, 3.8) is 0 Å². The molecule has 4 aromatic rings. The van der Waals surface area contributed by atoms with E-state index in [1.165, 1.54) is 18.3 Å². The fourth-order valence-electron chi connectivity index (χ4n) is 4.66. The van der Waals surface area contributed by atoms with Crippen molar-refractivity contribution in [2.24, 2.45) is 5.92 Å². The first-order chi connectivity index (χ1) is 18.1. The maximum Gasteiger partial charge on any atom is 0.417 e. The van der Waals surface area contributed by atoms with Crippen LogP contribution < -0.4 is 0 Å². The number of hydrogen-bond acceptors (Lipinski definition) is 3. The molecule has 2 heterocycles. The molecule has 0 atom stereocenters. The third kappa shape index (κ3) is 4.93. The Morgan fingerprint density at radius 1 is 1.03 bits per heavy atom. The van der Waals surface area contributed by atoms with Crippen LogP contribution in [0.15, 0.2) is 60.8 Å². The van der Waals surface area contributed by atoms with Crippen LogP contribution in [0.1, 0.15) is 47.2 Å². The van der Waals surface area contributed by atoms with Crippen LogP contribution in [0, 0.1) is 17.7 Å². The van der Waals surface area contributed by atoms with Gasteiger partial charge in [0.2, 0.25) is 5.95 Å². The standard InChI is InChI=1S/C28H20F5N3O2/c29-18-6-9-20(22(13-18)28(31,32)33)26(15-2-1-3-15)25(16-5-10-23-21(12-16)27(30)36-35-23)17-4-7-19(34-14-17)8-11-24(37)38/h4-15H,1-3H2,(H,35,36)(H,37,38)/b11-8?,26-25-. The predicted octanol–water partition coefficient (Wildman–Crippen LogP) is 7.11. The summed E-state index contributed by atoms with van der Waals surface area (Å²) < 4.78 is 70.9. The number of fused-ring (bicyclic) bond motifs is 1. The third-order valence-corrected chi connectivity index (χ3v) is 6.63. The molecule has 38 heavy (non-hydrogen) atoms. The summed E-state index contributed by atoms with van der Waals surface area (Å²) in [5.41, 5.74) is 1.07. The van der Waals surface area contributed by atoms with Gasteiger partial charge in [0.15, 0.2) is 0 Å². The fourth-order valence-corrected chi connectivity index (χ4v) is 4.66. The number of benzene rings is 2. The molecule has 0 bridgehead atoms. The lowest BCUT2D eigenvalue weighted by molar-refractivity contribution is -0.138. The Balaban J connectivity index is 1.81. The first-order valence-electron chi connectivity index (χ1n) is 11.7. The minimum atomic E-state index is -4.82. The van der Waals surface area contributed by atoms with Gasteiger partial charge in [-0.3, -0.25) is 10.1 Å². The number of aromatic nitrogens is 3. The van der Waals surface area contributed by atoms with Crippen LogP contribution in [0.4, 0.5) is 22.0 Å². The maximum absolute atomic E-state index is 14.4. The minimum absolute atomic E-state index is 0.152. The van der Waals surface area contributed by atoms with Crippen LogP contribution in [-0.2, 0) is 11.0 Å². The smallest absolute Gasteiger partial charge is 0.417 e. The van der Waals surface area contributed by atoms with Gasteiger partial charge in [0, 0.05) is 17.8 Å². The Kier molecular flexibility index (Phi) is 6.56. The molecular weight excluding hydrogens is 505 g/mol. The van der Waals surface area contributed by atoms with Crippen molar-refractivity contribution in [3.05, 3.63) is 101 Å². The van der Waals surface area contributed by atoms with Crippen LogP contribution in [0.2, 0.25) is 0 Å². The number of alkyl halides is 3. The number of H-pyrrole nitrogens is 1. The monoisotopic (exact) mass is 525 g/mol. The van der Waals surface area contributed by atoms with Gasteiger partial charge in [-0.05, 0) is 77.4 Å². The molecule has 1 fully saturated rings. The van der Waals surface area contributed by atoms with E-state index in [0.29, 0.717) is 52.4 Å². The number of carboxylic acid groups (broad SMARTS) is 1. The molecule has 0 radical (unpaired) electrons. The molecule has 2 aromatic heterocycles. The zero-order valence-electron chi connectivity index (χ0n) is 19.7. The summed E-state index contributed by atoms with van der Waals surface area (Å²) in [4.78, 5) is 15.1. The Labute approximate surface area is 213 Å². The number of hydrogen-bond donors (Lipinski definition) is 2. The summed E-state index contributed by atoms with van der Waals surface area (Å²) in [6.07, 6.45) is 0.894. The van der Waals surface area contributed by atoms with Gasteiger partial charge in [-0.15, -0.1) is 0 Å². The third-order valence-electron chi connectivity index (χ3n) is 6.63. The van der Waals surface area contributed by atoms with Crippen molar-refractivity contribution in [1.29, 1.82) is 0 Å². The molecule has 0 aliphatic heterocycles. The van der Waals surface area contributed by atoms with Gasteiger partial charge in [0.25, 0.3) is 0 Å².